The Labute approximate surface area is 48.8 Å². The van der Waals surface area contributed by atoms with Crippen molar-refractivity contribution in [2.45, 2.75) is 32.3 Å². The third-order valence-electron chi connectivity index (χ3n) is 1.76. The van der Waals surface area contributed by atoms with Crippen molar-refractivity contribution >= 4 is 5.97 Å². The molecule has 1 fully saturated rings. The molecule has 46 valence electrons. The van der Waals surface area contributed by atoms with Crippen molar-refractivity contribution in [2.75, 3.05) is 0 Å². The van der Waals surface area contributed by atoms with Gasteiger partial charge in [-0.25, -0.2) is 4.79 Å². The summed E-state index contributed by atoms with van der Waals surface area (Å²) in [5.74, 6) is -0.0255. The van der Waals surface area contributed by atoms with E-state index in [-0.39, 0.29) is 11.6 Å². The summed E-state index contributed by atoms with van der Waals surface area (Å²) >= 11 is 0. The van der Waals surface area contributed by atoms with Crippen LogP contribution in [0, 0.1) is 0 Å². The topological polar surface area (TPSA) is 29.6 Å². The third kappa shape index (κ3) is 0.522. The number of hydrogen-bond acceptors (Lipinski definition) is 2. The molecule has 1 rings (SSSR count). The second kappa shape index (κ2) is 1.47. The third-order valence-corrected chi connectivity index (χ3v) is 1.76. The highest BCUT2D eigenvalue weighted by Gasteiger charge is 2.54. The predicted molar refractivity (Wildman–Crippen MR) is 29.4 cm³/mol. The van der Waals surface area contributed by atoms with Crippen LogP contribution in [0.2, 0.25) is 0 Å². The molecule has 0 aromatic heterocycles. The maximum atomic E-state index is 10.4. The molecule has 2 nitrogen and oxygen atoms in total. The van der Waals surface area contributed by atoms with E-state index in [0.29, 0.717) is 0 Å². The number of carbonyl (C=O) groups is 1. The van der Waals surface area contributed by atoms with Gasteiger partial charge in [0, 0.05) is 0 Å². The summed E-state index contributed by atoms with van der Waals surface area (Å²) in [6.45, 7) is 3.93. The van der Waals surface area contributed by atoms with E-state index in [4.69, 9.17) is 4.74 Å². The minimum atomic E-state index is -0.347. The lowest BCUT2D eigenvalue weighted by Gasteiger charge is -1.95. The Morgan fingerprint density at radius 3 is 1.88 bits per heavy atom. The van der Waals surface area contributed by atoms with Crippen LogP contribution in [0.3, 0.4) is 0 Å². The second-order valence-electron chi connectivity index (χ2n) is 2.09. The van der Waals surface area contributed by atoms with Crippen molar-refractivity contribution < 1.29 is 9.53 Å². The molecule has 0 spiro atoms. The molecule has 1 heterocycles. The smallest absolute Gasteiger partial charge is 0.351 e. The molecule has 0 N–H and O–H groups in total. The molecule has 0 aromatic carbocycles. The molecular weight excluding hydrogens is 104 g/mol. The molecule has 0 radical (unpaired) electrons. The zero-order valence-electron chi connectivity index (χ0n) is 5.23. The van der Waals surface area contributed by atoms with Crippen molar-refractivity contribution in [1.29, 1.82) is 0 Å². The molecule has 2 heteroatoms. The predicted octanol–water partition coefficient (Wildman–Crippen LogP) is 1.10. The van der Waals surface area contributed by atoms with E-state index in [1.807, 2.05) is 13.8 Å². The van der Waals surface area contributed by atoms with E-state index in [9.17, 15) is 4.79 Å². The number of carbonyl (C=O) groups excluding carboxylic acids is 1. The fraction of sp³-hybridized carbons (Fsp3) is 0.833. The van der Waals surface area contributed by atoms with Gasteiger partial charge in [-0.05, 0) is 12.8 Å². The zero-order chi connectivity index (χ0) is 6.20. The van der Waals surface area contributed by atoms with Crippen LogP contribution in [0.5, 0.6) is 0 Å². The fourth-order valence-electron chi connectivity index (χ4n) is 0.835. The largest absolute Gasteiger partial charge is 0.444 e. The van der Waals surface area contributed by atoms with E-state index in [1.165, 1.54) is 0 Å². The van der Waals surface area contributed by atoms with Gasteiger partial charge < -0.3 is 4.74 Å². The van der Waals surface area contributed by atoms with E-state index in [2.05, 4.69) is 0 Å². The molecule has 0 bridgehead atoms. The molecule has 8 heavy (non-hydrogen) atoms. The summed E-state index contributed by atoms with van der Waals surface area (Å²) in [5, 5.41) is 0. The van der Waals surface area contributed by atoms with Crippen molar-refractivity contribution in [2.24, 2.45) is 0 Å². The average molecular weight is 114 g/mol. The van der Waals surface area contributed by atoms with Crippen LogP contribution in [-0.2, 0) is 9.53 Å². The van der Waals surface area contributed by atoms with Crippen LogP contribution in [0.1, 0.15) is 26.7 Å². The van der Waals surface area contributed by atoms with Crippen molar-refractivity contribution in [3.63, 3.8) is 0 Å². The normalized spacial score (nSPS) is 22.5. The van der Waals surface area contributed by atoms with Crippen LogP contribution in [0.15, 0.2) is 0 Å². The van der Waals surface area contributed by atoms with E-state index in [1.54, 1.807) is 0 Å². The summed E-state index contributed by atoms with van der Waals surface area (Å²) in [4.78, 5) is 10.4. The number of cyclic esters (lactones) is 1. The molecule has 1 saturated heterocycles. The minimum Gasteiger partial charge on any atom is -0.444 e. The summed E-state index contributed by atoms with van der Waals surface area (Å²) in [7, 11) is 0. The Hall–Kier alpha value is -0.530. The quantitative estimate of drug-likeness (QED) is 0.503. The highest BCUT2D eigenvalue weighted by Crippen LogP contribution is 2.35. The molecule has 1 aliphatic heterocycles. The number of ether oxygens (including phenoxy) is 1. The molecule has 1 aliphatic rings. The Kier molecular flexibility index (Phi) is 1.03. The van der Waals surface area contributed by atoms with Gasteiger partial charge in [0.05, 0.1) is 0 Å². The first-order chi connectivity index (χ1) is 3.75. The first kappa shape index (κ1) is 5.60. The van der Waals surface area contributed by atoms with Crippen LogP contribution in [-0.4, -0.2) is 11.6 Å². The molecule has 0 unspecified atom stereocenters. The molecule has 0 aromatic rings. The zero-order valence-corrected chi connectivity index (χ0v) is 5.23. The molecule has 0 saturated carbocycles. The summed E-state index contributed by atoms with van der Waals surface area (Å²) in [6.07, 6.45) is 1.64. The molecule has 0 atom stereocenters. The summed E-state index contributed by atoms with van der Waals surface area (Å²) in [5.41, 5.74) is -0.347. The Morgan fingerprint density at radius 1 is 1.50 bits per heavy atom. The van der Waals surface area contributed by atoms with E-state index >= 15 is 0 Å². The number of epoxide rings is 1. The van der Waals surface area contributed by atoms with Gasteiger partial charge in [-0.3, -0.25) is 0 Å². The second-order valence-corrected chi connectivity index (χ2v) is 2.09. The highest BCUT2D eigenvalue weighted by molar-refractivity contribution is 5.92. The number of hydrogen-bond donors (Lipinski definition) is 0. The first-order valence-corrected chi connectivity index (χ1v) is 2.98. The van der Waals surface area contributed by atoms with Crippen LogP contribution < -0.4 is 0 Å². The standard InChI is InChI=1S/C6H10O2/c1-3-6(4-2)5(7)8-6/h3-4H2,1-2H3. The Bertz CT molecular complexity index is 114. The van der Waals surface area contributed by atoms with E-state index < -0.39 is 0 Å². The van der Waals surface area contributed by atoms with Crippen molar-refractivity contribution in [3.8, 4) is 0 Å². The monoisotopic (exact) mass is 114 g/mol. The maximum absolute atomic E-state index is 10.4. The molecule has 0 amide bonds. The SMILES string of the molecule is CCC1(CC)OC1=O. The maximum Gasteiger partial charge on any atom is 0.351 e. The van der Waals surface area contributed by atoms with Crippen LogP contribution >= 0.6 is 0 Å². The van der Waals surface area contributed by atoms with Gasteiger partial charge in [0.2, 0.25) is 5.60 Å². The van der Waals surface area contributed by atoms with Gasteiger partial charge in [-0.1, -0.05) is 13.8 Å². The van der Waals surface area contributed by atoms with Crippen LogP contribution in [0.4, 0.5) is 0 Å². The summed E-state index contributed by atoms with van der Waals surface area (Å²) in [6, 6.07) is 0. The van der Waals surface area contributed by atoms with Gasteiger partial charge in [0.25, 0.3) is 0 Å². The molecular formula is C6H10O2. The highest BCUT2D eigenvalue weighted by atomic mass is 16.7. The Balaban J connectivity index is 2.52. The summed E-state index contributed by atoms with van der Waals surface area (Å²) < 4.78 is 4.76. The van der Waals surface area contributed by atoms with Gasteiger partial charge in [0.15, 0.2) is 0 Å². The first-order valence-electron chi connectivity index (χ1n) is 2.98. The Morgan fingerprint density at radius 2 is 1.88 bits per heavy atom. The van der Waals surface area contributed by atoms with Gasteiger partial charge in [-0.15, -0.1) is 0 Å². The lowest BCUT2D eigenvalue weighted by molar-refractivity contribution is -0.117. The lowest BCUT2D eigenvalue weighted by Crippen LogP contribution is -2.07. The van der Waals surface area contributed by atoms with Crippen LogP contribution in [0.25, 0.3) is 0 Å². The van der Waals surface area contributed by atoms with E-state index in [0.717, 1.165) is 12.8 Å². The average Bonchev–Trinajstić information content (AvgIpc) is 2.43. The van der Waals surface area contributed by atoms with Crippen molar-refractivity contribution in [1.82, 2.24) is 0 Å². The van der Waals surface area contributed by atoms with Gasteiger partial charge in [0.1, 0.15) is 0 Å². The minimum absolute atomic E-state index is 0.0255. The van der Waals surface area contributed by atoms with Crippen molar-refractivity contribution in [3.05, 3.63) is 0 Å². The lowest BCUT2D eigenvalue weighted by atomic mass is 10.1. The molecule has 0 aliphatic carbocycles. The van der Waals surface area contributed by atoms with Gasteiger partial charge >= 0.3 is 5.97 Å². The number of rotatable bonds is 2. The fourth-order valence-corrected chi connectivity index (χ4v) is 0.835. The van der Waals surface area contributed by atoms with Gasteiger partial charge in [-0.2, -0.15) is 0 Å².